The minimum atomic E-state index is -0.0269. The van der Waals surface area contributed by atoms with Crippen molar-refractivity contribution in [3.8, 4) is 5.88 Å². The third kappa shape index (κ3) is 5.47. The van der Waals surface area contributed by atoms with E-state index in [0.717, 1.165) is 29.1 Å². The molecule has 0 saturated heterocycles. The first kappa shape index (κ1) is 22.0. The summed E-state index contributed by atoms with van der Waals surface area (Å²) in [5.41, 5.74) is 3.76. The monoisotopic (exact) mass is 380 g/mol. The van der Waals surface area contributed by atoms with Gasteiger partial charge >= 0.3 is 0 Å². The number of rotatable bonds is 8. The van der Waals surface area contributed by atoms with Crippen LogP contribution in [0.25, 0.3) is 0 Å². The van der Waals surface area contributed by atoms with Gasteiger partial charge < -0.3 is 15.4 Å². The Morgan fingerprint density at radius 3 is 2.73 bits per heavy atom. The van der Waals surface area contributed by atoms with Crippen molar-refractivity contribution < 1.29 is 9.53 Å². The number of methoxy groups -OCH3 is 1. The molecule has 144 valence electrons. The molecule has 1 heterocycles. The number of nitrogens with zero attached hydrogens (tertiary/aromatic N) is 2. The fourth-order valence-electron chi connectivity index (χ4n) is 2.70. The molecule has 0 radical (unpaired) electrons. The predicted octanol–water partition coefficient (Wildman–Crippen LogP) is 2.98. The summed E-state index contributed by atoms with van der Waals surface area (Å²) in [7, 11) is 3.52. The van der Waals surface area contributed by atoms with E-state index in [2.05, 4.69) is 22.7 Å². The molecule has 0 spiro atoms. The topological polar surface area (TPSA) is 68.2 Å². The van der Waals surface area contributed by atoms with Gasteiger partial charge in [0, 0.05) is 31.7 Å². The molecule has 7 heteroatoms. The maximum atomic E-state index is 12.2. The summed E-state index contributed by atoms with van der Waals surface area (Å²) in [5.74, 6) is 0.743. The van der Waals surface area contributed by atoms with Crippen LogP contribution in [0.15, 0.2) is 24.3 Å². The zero-order chi connectivity index (χ0) is 18.4. The average Bonchev–Trinajstić information content (AvgIpc) is 2.87. The number of carbonyl (C=O) groups is 1. The molecule has 0 aliphatic heterocycles. The van der Waals surface area contributed by atoms with Crippen molar-refractivity contribution in [1.29, 1.82) is 0 Å². The SMILES string of the molecule is CCC(C)NC(=O)c1cccc(CNCc2c(C)nn(C)c2OC)c1.Cl. The number of aromatic nitrogens is 2. The van der Waals surface area contributed by atoms with Crippen LogP contribution in [0.3, 0.4) is 0 Å². The van der Waals surface area contributed by atoms with E-state index in [4.69, 9.17) is 4.74 Å². The highest BCUT2D eigenvalue weighted by Crippen LogP contribution is 2.20. The summed E-state index contributed by atoms with van der Waals surface area (Å²) in [4.78, 5) is 12.2. The molecule has 0 bridgehead atoms. The first-order chi connectivity index (χ1) is 12.0. The Bertz CT molecular complexity index is 730. The van der Waals surface area contributed by atoms with Crippen LogP contribution in [-0.4, -0.2) is 28.8 Å². The van der Waals surface area contributed by atoms with Crippen LogP contribution < -0.4 is 15.4 Å². The molecule has 26 heavy (non-hydrogen) atoms. The van der Waals surface area contributed by atoms with E-state index >= 15 is 0 Å². The number of ether oxygens (including phenoxy) is 1. The number of amides is 1. The Hall–Kier alpha value is -2.05. The second-order valence-corrected chi connectivity index (χ2v) is 6.28. The Morgan fingerprint density at radius 2 is 2.08 bits per heavy atom. The van der Waals surface area contributed by atoms with Crippen molar-refractivity contribution in [2.75, 3.05) is 7.11 Å². The Kier molecular flexibility index (Phi) is 8.61. The normalized spacial score (nSPS) is 11.6. The van der Waals surface area contributed by atoms with Gasteiger partial charge in [-0.1, -0.05) is 19.1 Å². The van der Waals surface area contributed by atoms with Crippen LogP contribution in [0.4, 0.5) is 0 Å². The van der Waals surface area contributed by atoms with Crippen LogP contribution in [-0.2, 0) is 20.1 Å². The van der Waals surface area contributed by atoms with E-state index < -0.39 is 0 Å². The van der Waals surface area contributed by atoms with Gasteiger partial charge in [-0.3, -0.25) is 4.79 Å². The third-order valence-electron chi connectivity index (χ3n) is 4.29. The van der Waals surface area contributed by atoms with Crippen molar-refractivity contribution in [3.63, 3.8) is 0 Å². The summed E-state index contributed by atoms with van der Waals surface area (Å²) in [5, 5.41) is 10.8. The molecule has 1 atom stereocenters. The number of benzene rings is 1. The largest absolute Gasteiger partial charge is 0.481 e. The highest BCUT2D eigenvalue weighted by molar-refractivity contribution is 5.94. The van der Waals surface area contributed by atoms with E-state index in [9.17, 15) is 4.79 Å². The quantitative estimate of drug-likeness (QED) is 0.738. The maximum Gasteiger partial charge on any atom is 0.251 e. The minimum Gasteiger partial charge on any atom is -0.481 e. The molecule has 1 amide bonds. The predicted molar refractivity (Wildman–Crippen MR) is 106 cm³/mol. The van der Waals surface area contributed by atoms with Gasteiger partial charge in [-0.05, 0) is 38.0 Å². The van der Waals surface area contributed by atoms with Gasteiger partial charge in [0.1, 0.15) is 0 Å². The lowest BCUT2D eigenvalue weighted by Gasteiger charge is -2.12. The van der Waals surface area contributed by atoms with Crippen LogP contribution in [0.5, 0.6) is 5.88 Å². The third-order valence-corrected chi connectivity index (χ3v) is 4.29. The number of nitrogens with one attached hydrogen (secondary N) is 2. The summed E-state index contributed by atoms with van der Waals surface area (Å²) in [6.07, 6.45) is 0.916. The second kappa shape index (κ2) is 10.2. The van der Waals surface area contributed by atoms with Crippen LogP contribution in [0, 0.1) is 6.92 Å². The molecule has 1 aromatic carbocycles. The molecule has 2 aromatic rings. The lowest BCUT2D eigenvalue weighted by molar-refractivity contribution is 0.0939. The fourth-order valence-corrected chi connectivity index (χ4v) is 2.70. The average molecular weight is 381 g/mol. The fraction of sp³-hybridized carbons (Fsp3) is 0.474. The Morgan fingerprint density at radius 1 is 1.35 bits per heavy atom. The van der Waals surface area contributed by atoms with E-state index in [-0.39, 0.29) is 24.4 Å². The van der Waals surface area contributed by atoms with Gasteiger partial charge in [0.15, 0.2) is 0 Å². The highest BCUT2D eigenvalue weighted by atomic mass is 35.5. The number of carbonyl (C=O) groups excluding carboxylic acids is 1. The van der Waals surface area contributed by atoms with Crippen molar-refractivity contribution in [1.82, 2.24) is 20.4 Å². The molecule has 0 aliphatic carbocycles. The van der Waals surface area contributed by atoms with Gasteiger partial charge in [-0.2, -0.15) is 5.10 Å². The standard InChI is InChI=1S/C19H28N4O2.ClH/c1-6-13(2)21-18(24)16-9-7-8-15(10-16)11-20-12-17-14(3)22-23(4)19(17)25-5;/h7-10,13,20H,6,11-12H2,1-5H3,(H,21,24);1H. The molecular formula is C19H29ClN4O2. The highest BCUT2D eigenvalue weighted by Gasteiger charge is 2.13. The van der Waals surface area contributed by atoms with Gasteiger partial charge in [0.2, 0.25) is 5.88 Å². The molecule has 0 aliphatic rings. The van der Waals surface area contributed by atoms with E-state index in [1.807, 2.05) is 45.2 Å². The van der Waals surface area contributed by atoms with Crippen LogP contribution in [0.1, 0.15) is 47.4 Å². The Labute approximate surface area is 161 Å². The van der Waals surface area contributed by atoms with Crippen molar-refractivity contribution in [2.24, 2.45) is 7.05 Å². The van der Waals surface area contributed by atoms with Gasteiger partial charge in [0.05, 0.1) is 18.4 Å². The van der Waals surface area contributed by atoms with Gasteiger partial charge in [-0.25, -0.2) is 4.68 Å². The Balaban J connectivity index is 0.00000338. The van der Waals surface area contributed by atoms with Crippen molar-refractivity contribution >= 4 is 18.3 Å². The minimum absolute atomic E-state index is 0. The summed E-state index contributed by atoms with van der Waals surface area (Å²) < 4.78 is 7.15. The zero-order valence-corrected chi connectivity index (χ0v) is 16.9. The lowest BCUT2D eigenvalue weighted by atomic mass is 10.1. The number of hydrogen-bond acceptors (Lipinski definition) is 4. The van der Waals surface area contributed by atoms with Crippen LogP contribution >= 0.6 is 12.4 Å². The van der Waals surface area contributed by atoms with E-state index in [1.165, 1.54) is 0 Å². The summed E-state index contributed by atoms with van der Waals surface area (Å²) in [6.45, 7) is 7.36. The molecule has 0 fully saturated rings. The van der Waals surface area contributed by atoms with Gasteiger partial charge in [0.25, 0.3) is 5.91 Å². The molecule has 0 saturated carbocycles. The molecule has 1 aromatic heterocycles. The lowest BCUT2D eigenvalue weighted by Crippen LogP contribution is -2.32. The second-order valence-electron chi connectivity index (χ2n) is 6.28. The van der Waals surface area contributed by atoms with Gasteiger partial charge in [-0.15, -0.1) is 12.4 Å². The van der Waals surface area contributed by atoms with E-state index in [0.29, 0.717) is 18.7 Å². The first-order valence-corrected chi connectivity index (χ1v) is 8.63. The molecule has 6 nitrogen and oxygen atoms in total. The number of aryl methyl sites for hydroxylation is 2. The molecular weight excluding hydrogens is 352 g/mol. The van der Waals surface area contributed by atoms with Crippen molar-refractivity contribution in [2.45, 2.75) is 46.3 Å². The number of hydrogen-bond donors (Lipinski definition) is 2. The molecule has 1 unspecified atom stereocenters. The molecule has 2 N–H and O–H groups in total. The summed E-state index contributed by atoms with van der Waals surface area (Å²) in [6, 6.07) is 7.88. The summed E-state index contributed by atoms with van der Waals surface area (Å²) >= 11 is 0. The van der Waals surface area contributed by atoms with Crippen molar-refractivity contribution in [3.05, 3.63) is 46.6 Å². The van der Waals surface area contributed by atoms with Crippen LogP contribution in [0.2, 0.25) is 0 Å². The number of halogens is 1. The smallest absolute Gasteiger partial charge is 0.251 e. The zero-order valence-electron chi connectivity index (χ0n) is 16.1. The first-order valence-electron chi connectivity index (χ1n) is 8.63. The maximum absolute atomic E-state index is 12.2. The van der Waals surface area contributed by atoms with E-state index in [1.54, 1.807) is 11.8 Å². The molecule has 2 rings (SSSR count).